The van der Waals surface area contributed by atoms with Gasteiger partial charge in [0.15, 0.2) is 19.7 Å². The van der Waals surface area contributed by atoms with Gasteiger partial charge in [0.2, 0.25) is 0 Å². The van der Waals surface area contributed by atoms with Crippen LogP contribution in [-0.4, -0.2) is 72.1 Å². The summed E-state index contributed by atoms with van der Waals surface area (Å²) in [6.45, 7) is 2.48. The highest BCUT2D eigenvalue weighted by atomic mass is 32.2. The predicted molar refractivity (Wildman–Crippen MR) is 94.9 cm³/mol. The first-order valence-electron chi connectivity index (χ1n) is 7.37. The number of anilines is 1. The van der Waals surface area contributed by atoms with Crippen LogP contribution in [0.2, 0.25) is 0 Å². The minimum atomic E-state index is -3.63. The van der Waals surface area contributed by atoms with Gasteiger partial charge in [-0.15, -0.1) is 0 Å². The molecule has 0 aliphatic carbocycles. The van der Waals surface area contributed by atoms with E-state index in [-0.39, 0.29) is 22.0 Å². The van der Waals surface area contributed by atoms with Crippen LogP contribution in [0, 0.1) is 0 Å². The molecule has 0 saturated carbocycles. The van der Waals surface area contributed by atoms with E-state index in [4.69, 9.17) is 0 Å². The van der Waals surface area contributed by atoms with Gasteiger partial charge in [-0.25, -0.2) is 16.8 Å². The molecule has 9 heteroatoms. The number of hydrogen-bond donors (Lipinski definition) is 2. The Hall–Kier alpha value is -1.16. The summed E-state index contributed by atoms with van der Waals surface area (Å²) in [4.78, 5) is 1.78. The molecule has 24 heavy (non-hydrogen) atoms. The van der Waals surface area contributed by atoms with Crippen LogP contribution >= 0.6 is 0 Å². The smallest absolute Gasteiger partial charge is 0.177 e. The Morgan fingerprint density at radius 3 is 2.17 bits per heavy atom. The van der Waals surface area contributed by atoms with Gasteiger partial charge in [-0.05, 0) is 45.6 Å². The van der Waals surface area contributed by atoms with E-state index in [0.717, 1.165) is 18.6 Å². The van der Waals surface area contributed by atoms with Crippen LogP contribution in [0.4, 0.5) is 5.69 Å². The summed E-state index contributed by atoms with van der Waals surface area (Å²) in [5.74, 6) is 0. The Labute approximate surface area is 144 Å². The summed E-state index contributed by atoms with van der Waals surface area (Å²) in [6.07, 6.45) is 2.54. The van der Waals surface area contributed by atoms with Gasteiger partial charge in [-0.1, -0.05) is 0 Å². The molecular formula is C15H26N2O5S2. The van der Waals surface area contributed by atoms with Crippen LogP contribution in [0.25, 0.3) is 0 Å². The lowest BCUT2D eigenvalue weighted by molar-refractivity contribution is 0.0568. The lowest BCUT2D eigenvalue weighted by Gasteiger charge is -2.26. The minimum absolute atomic E-state index is 0.0622. The van der Waals surface area contributed by atoms with Crippen molar-refractivity contribution in [2.45, 2.75) is 28.7 Å². The van der Waals surface area contributed by atoms with Crippen molar-refractivity contribution >= 4 is 25.4 Å². The number of nitrogens with zero attached hydrogens (tertiary/aromatic N) is 1. The molecule has 0 radical (unpaired) electrons. The summed E-state index contributed by atoms with van der Waals surface area (Å²) in [6, 6.07) is 3.90. The molecule has 0 aliphatic heterocycles. The first kappa shape index (κ1) is 20.9. The normalized spacial score (nSPS) is 15.3. The quantitative estimate of drug-likeness (QED) is 0.683. The zero-order valence-electron chi connectivity index (χ0n) is 14.7. The number of aliphatic hydroxyl groups is 1. The summed E-state index contributed by atoms with van der Waals surface area (Å²) >= 11 is 0. The van der Waals surface area contributed by atoms with E-state index < -0.39 is 25.3 Å². The third-order valence-electron chi connectivity index (χ3n) is 3.54. The lowest BCUT2D eigenvalue weighted by Crippen LogP contribution is -2.36. The van der Waals surface area contributed by atoms with Crippen molar-refractivity contribution in [3.05, 3.63) is 18.2 Å². The highest BCUT2D eigenvalue weighted by molar-refractivity contribution is 7.91. The fourth-order valence-corrected chi connectivity index (χ4v) is 3.63. The van der Waals surface area contributed by atoms with Crippen molar-refractivity contribution in [3.63, 3.8) is 0 Å². The van der Waals surface area contributed by atoms with Crippen molar-refractivity contribution in [2.75, 3.05) is 45.0 Å². The molecule has 1 atom stereocenters. The predicted octanol–water partition coefficient (Wildman–Crippen LogP) is 0.608. The molecule has 0 amide bonds. The summed E-state index contributed by atoms with van der Waals surface area (Å²) in [5, 5.41) is 13.3. The van der Waals surface area contributed by atoms with Crippen molar-refractivity contribution in [2.24, 2.45) is 0 Å². The van der Waals surface area contributed by atoms with Crippen LogP contribution in [0.1, 0.15) is 13.3 Å². The third kappa shape index (κ3) is 6.39. The first-order chi connectivity index (χ1) is 10.7. The SMILES string of the molecule is CN(C)CC[C@@](C)(O)CNc1ccc(S(C)(=O)=O)cc1S(C)(=O)=O. The van der Waals surface area contributed by atoms with E-state index in [1.54, 1.807) is 6.92 Å². The highest BCUT2D eigenvalue weighted by Gasteiger charge is 2.23. The van der Waals surface area contributed by atoms with E-state index in [1.807, 2.05) is 19.0 Å². The van der Waals surface area contributed by atoms with Gasteiger partial charge in [-0.3, -0.25) is 0 Å². The molecule has 0 unspecified atom stereocenters. The molecule has 138 valence electrons. The van der Waals surface area contributed by atoms with Crippen LogP contribution in [0.3, 0.4) is 0 Å². The first-order valence-corrected chi connectivity index (χ1v) is 11.2. The molecule has 0 aliphatic rings. The van der Waals surface area contributed by atoms with Gasteiger partial charge in [-0.2, -0.15) is 0 Å². The Morgan fingerprint density at radius 1 is 1.12 bits per heavy atom. The molecule has 2 N–H and O–H groups in total. The average Bonchev–Trinajstić information content (AvgIpc) is 2.41. The molecule has 0 heterocycles. The number of rotatable bonds is 8. The maximum Gasteiger partial charge on any atom is 0.177 e. The molecule has 0 spiro atoms. The number of benzene rings is 1. The van der Waals surface area contributed by atoms with E-state index in [9.17, 15) is 21.9 Å². The van der Waals surface area contributed by atoms with Gasteiger partial charge in [0.05, 0.1) is 21.1 Å². The van der Waals surface area contributed by atoms with Gasteiger partial charge in [0.1, 0.15) is 0 Å². The van der Waals surface area contributed by atoms with Crippen molar-refractivity contribution in [1.29, 1.82) is 0 Å². The molecule has 0 saturated heterocycles. The molecule has 0 aromatic heterocycles. The van der Waals surface area contributed by atoms with Gasteiger partial charge >= 0.3 is 0 Å². The molecule has 1 aromatic rings. The molecule has 0 bridgehead atoms. The average molecular weight is 379 g/mol. The molecule has 0 fully saturated rings. The zero-order valence-corrected chi connectivity index (χ0v) is 16.3. The summed E-state index contributed by atoms with van der Waals surface area (Å²) in [5.41, 5.74) is -0.760. The van der Waals surface area contributed by atoms with Crippen molar-refractivity contribution in [1.82, 2.24) is 4.90 Å². The van der Waals surface area contributed by atoms with E-state index >= 15 is 0 Å². The second-order valence-corrected chi connectivity index (χ2v) is 10.6. The second-order valence-electron chi connectivity index (χ2n) is 6.61. The van der Waals surface area contributed by atoms with Gasteiger partial charge < -0.3 is 15.3 Å². The highest BCUT2D eigenvalue weighted by Crippen LogP contribution is 2.26. The van der Waals surface area contributed by atoms with E-state index in [0.29, 0.717) is 13.0 Å². The van der Waals surface area contributed by atoms with Gasteiger partial charge in [0.25, 0.3) is 0 Å². The number of sulfone groups is 2. The number of hydrogen-bond acceptors (Lipinski definition) is 7. The Bertz CT molecular complexity index is 784. The van der Waals surface area contributed by atoms with Crippen molar-refractivity contribution < 1.29 is 21.9 Å². The molecular weight excluding hydrogens is 352 g/mol. The van der Waals surface area contributed by atoms with Crippen LogP contribution in [-0.2, 0) is 19.7 Å². The summed E-state index contributed by atoms with van der Waals surface area (Å²) in [7, 11) is -3.34. The molecule has 1 aromatic carbocycles. The largest absolute Gasteiger partial charge is 0.388 e. The third-order valence-corrected chi connectivity index (χ3v) is 5.78. The fourth-order valence-electron chi connectivity index (χ4n) is 2.02. The number of nitrogens with one attached hydrogen (secondary N) is 1. The maximum absolute atomic E-state index is 12.0. The monoisotopic (exact) mass is 378 g/mol. The second kappa shape index (κ2) is 7.38. The van der Waals surface area contributed by atoms with Crippen LogP contribution in [0.5, 0.6) is 0 Å². The Balaban J connectivity index is 3.08. The molecule has 1 rings (SSSR count). The zero-order chi connectivity index (χ0) is 18.8. The minimum Gasteiger partial charge on any atom is -0.388 e. The van der Waals surface area contributed by atoms with Crippen LogP contribution < -0.4 is 5.32 Å². The lowest BCUT2D eigenvalue weighted by atomic mass is 10.0. The fraction of sp³-hybridized carbons (Fsp3) is 0.600. The van der Waals surface area contributed by atoms with Crippen molar-refractivity contribution in [3.8, 4) is 0 Å². The molecule has 7 nitrogen and oxygen atoms in total. The van der Waals surface area contributed by atoms with E-state index in [1.165, 1.54) is 12.1 Å². The van der Waals surface area contributed by atoms with Gasteiger partial charge in [0, 0.05) is 25.6 Å². The van der Waals surface area contributed by atoms with E-state index in [2.05, 4.69) is 5.32 Å². The topological polar surface area (TPSA) is 104 Å². The Morgan fingerprint density at radius 2 is 1.71 bits per heavy atom. The summed E-state index contributed by atoms with van der Waals surface area (Å²) < 4.78 is 47.2. The maximum atomic E-state index is 12.0. The van der Waals surface area contributed by atoms with Crippen LogP contribution in [0.15, 0.2) is 28.0 Å². The standard InChI is InChI=1S/C15H26N2O5S2/c1-15(18,8-9-17(2)3)11-16-13-7-6-12(23(4,19)20)10-14(13)24(5,21)22/h6-7,10,16,18H,8-9,11H2,1-5H3/t15-/m1/s1. The Kier molecular flexibility index (Phi) is 6.43.